The zero-order valence-corrected chi connectivity index (χ0v) is 7.49. The first-order chi connectivity index (χ1) is 6.13. The van der Waals surface area contributed by atoms with Gasteiger partial charge in [-0.3, -0.25) is 0 Å². The first kappa shape index (κ1) is 9.67. The second kappa shape index (κ2) is 4.00. The van der Waals surface area contributed by atoms with Gasteiger partial charge < -0.3 is 16.2 Å². The number of hydrogen-bond donors (Lipinski definition) is 2. The Bertz CT molecular complexity index is 289. The summed E-state index contributed by atoms with van der Waals surface area (Å²) in [5.74, 6) is 0.399. The summed E-state index contributed by atoms with van der Waals surface area (Å²) in [7, 11) is 0. The van der Waals surface area contributed by atoms with Crippen LogP contribution in [0.25, 0.3) is 0 Å². The minimum absolute atomic E-state index is 0.398. The lowest BCUT2D eigenvalue weighted by Gasteiger charge is -2.11. The van der Waals surface area contributed by atoms with Crippen LogP contribution in [0.3, 0.4) is 0 Å². The van der Waals surface area contributed by atoms with E-state index >= 15 is 0 Å². The van der Waals surface area contributed by atoms with E-state index in [1.807, 2.05) is 0 Å². The van der Waals surface area contributed by atoms with Gasteiger partial charge in [-0.25, -0.2) is 0 Å². The van der Waals surface area contributed by atoms with Crippen molar-refractivity contribution in [3.8, 4) is 5.75 Å². The molecule has 0 bridgehead atoms. The lowest BCUT2D eigenvalue weighted by atomic mass is 10.2. The van der Waals surface area contributed by atoms with E-state index in [1.54, 1.807) is 25.1 Å². The maximum atomic E-state index is 11.0. The van der Waals surface area contributed by atoms with E-state index in [2.05, 4.69) is 0 Å². The number of hydrogen-bond acceptors (Lipinski definition) is 3. The lowest BCUT2D eigenvalue weighted by molar-refractivity contribution is -0.0716. The molecule has 1 aromatic rings. The zero-order valence-electron chi connectivity index (χ0n) is 7.49. The Kier molecular flexibility index (Phi) is 2.97. The summed E-state index contributed by atoms with van der Waals surface area (Å²) < 4.78 is 5.01. The van der Waals surface area contributed by atoms with Crippen LogP contribution in [0.5, 0.6) is 5.75 Å². The van der Waals surface area contributed by atoms with Crippen molar-refractivity contribution in [2.24, 2.45) is 0 Å². The van der Waals surface area contributed by atoms with Gasteiger partial charge in [0.15, 0.2) is 0 Å². The Balaban J connectivity index is 2.77. The van der Waals surface area contributed by atoms with E-state index in [4.69, 9.17) is 16.2 Å². The lowest BCUT2D eigenvalue weighted by Crippen LogP contribution is -2.13. The molecule has 4 heteroatoms. The third-order valence-electron chi connectivity index (χ3n) is 1.63. The molecule has 0 amide bonds. The minimum atomic E-state index is -1.06. The molecule has 1 radical (unpaired) electrons. The molecule has 0 fully saturated rings. The topological polar surface area (TPSA) is 81.2 Å². The highest BCUT2D eigenvalue weighted by molar-refractivity contribution is 5.60. The molecule has 0 aliphatic rings. The molecule has 0 aliphatic heterocycles. The monoisotopic (exact) mass is 181 g/mol. The maximum Gasteiger partial charge on any atom is 0.231 e. The van der Waals surface area contributed by atoms with Gasteiger partial charge >= 0.3 is 0 Å². The van der Waals surface area contributed by atoms with Crippen LogP contribution in [-0.4, -0.2) is 6.29 Å². The molecule has 1 rings (SSSR count). The molecule has 0 heterocycles. The molecule has 1 aromatic carbocycles. The molecule has 4 N–H and O–H groups in total. The van der Waals surface area contributed by atoms with Gasteiger partial charge in [-0.15, -0.1) is 0 Å². The van der Waals surface area contributed by atoms with Gasteiger partial charge in [0.05, 0.1) is 5.69 Å². The van der Waals surface area contributed by atoms with E-state index < -0.39 is 6.29 Å². The molecule has 1 unspecified atom stereocenters. The average molecular weight is 181 g/mol. The average Bonchev–Trinajstić information content (AvgIpc) is 2.09. The first-order valence-electron chi connectivity index (χ1n) is 4.11. The van der Waals surface area contributed by atoms with Crippen LogP contribution in [0, 0.1) is 0 Å². The Labute approximate surface area is 77.1 Å². The van der Waals surface area contributed by atoms with Gasteiger partial charge in [0.2, 0.25) is 6.29 Å². The number of nitrogen functional groups attached to an aromatic ring is 2. The Hall–Kier alpha value is -1.42. The second-order valence-electron chi connectivity index (χ2n) is 2.75. The van der Waals surface area contributed by atoms with Crippen molar-refractivity contribution < 1.29 is 9.84 Å². The first-order valence-corrected chi connectivity index (χ1v) is 4.11. The molecular weight excluding hydrogens is 168 g/mol. The highest BCUT2D eigenvalue weighted by Gasteiger charge is 2.07. The van der Waals surface area contributed by atoms with Crippen LogP contribution >= 0.6 is 0 Å². The van der Waals surface area contributed by atoms with Gasteiger partial charge in [-0.2, -0.15) is 5.11 Å². The molecule has 13 heavy (non-hydrogen) atoms. The maximum absolute atomic E-state index is 11.0. The van der Waals surface area contributed by atoms with Crippen molar-refractivity contribution in [2.45, 2.75) is 19.6 Å². The molecule has 4 nitrogen and oxygen atoms in total. The molecule has 0 saturated carbocycles. The van der Waals surface area contributed by atoms with Crippen molar-refractivity contribution in [1.82, 2.24) is 0 Å². The van der Waals surface area contributed by atoms with E-state index in [-0.39, 0.29) is 0 Å². The van der Waals surface area contributed by atoms with Crippen LogP contribution in [0.2, 0.25) is 0 Å². The smallest absolute Gasteiger partial charge is 0.231 e. The van der Waals surface area contributed by atoms with E-state index in [0.29, 0.717) is 23.5 Å². The predicted octanol–water partition coefficient (Wildman–Crippen LogP) is 1.40. The van der Waals surface area contributed by atoms with Crippen molar-refractivity contribution >= 4 is 11.4 Å². The third-order valence-corrected chi connectivity index (χ3v) is 1.63. The van der Waals surface area contributed by atoms with Crippen molar-refractivity contribution in [3.05, 3.63) is 18.2 Å². The summed E-state index contributed by atoms with van der Waals surface area (Å²) in [5.41, 5.74) is 12.0. The zero-order chi connectivity index (χ0) is 9.84. The predicted molar refractivity (Wildman–Crippen MR) is 50.7 cm³/mol. The molecule has 0 aromatic heterocycles. The van der Waals surface area contributed by atoms with Gasteiger partial charge in [-0.05, 0) is 18.2 Å². The standard InChI is InChI=1S/C9H13N2O2/c1-2-9(12)13-8-4-3-6(10)5-7(8)11/h3-5,9H,2,10-11H2,1H3. The number of ether oxygens (including phenoxy) is 1. The second-order valence-corrected chi connectivity index (χ2v) is 2.75. The van der Waals surface area contributed by atoms with E-state index in [1.165, 1.54) is 0 Å². The summed E-state index contributed by atoms with van der Waals surface area (Å²) in [6, 6.07) is 4.82. The Morgan fingerprint density at radius 1 is 1.46 bits per heavy atom. The number of nitrogens with two attached hydrogens (primary N) is 2. The number of anilines is 2. The van der Waals surface area contributed by atoms with Crippen LogP contribution in [-0.2, 0) is 5.11 Å². The van der Waals surface area contributed by atoms with E-state index in [0.717, 1.165) is 0 Å². The molecule has 0 spiro atoms. The Morgan fingerprint density at radius 2 is 2.15 bits per heavy atom. The van der Waals surface area contributed by atoms with Crippen LogP contribution in [0.15, 0.2) is 18.2 Å². The van der Waals surface area contributed by atoms with Crippen molar-refractivity contribution in [3.63, 3.8) is 0 Å². The van der Waals surface area contributed by atoms with Gasteiger partial charge in [-0.1, -0.05) is 6.92 Å². The minimum Gasteiger partial charge on any atom is -0.460 e. The fourth-order valence-corrected chi connectivity index (χ4v) is 0.899. The van der Waals surface area contributed by atoms with Crippen LogP contribution in [0.1, 0.15) is 13.3 Å². The van der Waals surface area contributed by atoms with Gasteiger partial charge in [0.25, 0.3) is 0 Å². The summed E-state index contributed by atoms with van der Waals surface area (Å²) in [6.45, 7) is 1.76. The largest absolute Gasteiger partial charge is 0.460 e. The number of rotatable bonds is 3. The SMILES string of the molecule is CCC([O])Oc1ccc(N)cc1N. The van der Waals surface area contributed by atoms with Crippen molar-refractivity contribution in [1.29, 1.82) is 0 Å². The van der Waals surface area contributed by atoms with Crippen LogP contribution < -0.4 is 16.2 Å². The molecule has 0 saturated heterocycles. The molecule has 1 atom stereocenters. The van der Waals surface area contributed by atoms with E-state index in [9.17, 15) is 5.11 Å². The van der Waals surface area contributed by atoms with Crippen molar-refractivity contribution in [2.75, 3.05) is 11.5 Å². The Morgan fingerprint density at radius 3 is 2.69 bits per heavy atom. The molecule has 71 valence electrons. The highest BCUT2D eigenvalue weighted by atomic mass is 16.6. The summed E-state index contributed by atoms with van der Waals surface area (Å²) in [6.07, 6.45) is -0.657. The summed E-state index contributed by atoms with van der Waals surface area (Å²) in [4.78, 5) is 0. The fraction of sp³-hybridized carbons (Fsp3) is 0.333. The highest BCUT2D eigenvalue weighted by Crippen LogP contribution is 2.24. The van der Waals surface area contributed by atoms with Gasteiger partial charge in [0, 0.05) is 12.1 Å². The van der Waals surface area contributed by atoms with Gasteiger partial charge in [0.1, 0.15) is 5.75 Å². The summed E-state index contributed by atoms with van der Waals surface area (Å²) >= 11 is 0. The third kappa shape index (κ3) is 2.52. The number of benzene rings is 1. The van der Waals surface area contributed by atoms with Crippen LogP contribution in [0.4, 0.5) is 11.4 Å². The quantitative estimate of drug-likeness (QED) is 0.546. The molecule has 0 aliphatic carbocycles. The fourth-order valence-electron chi connectivity index (χ4n) is 0.899. The summed E-state index contributed by atoms with van der Waals surface area (Å²) in [5, 5.41) is 11.0. The molecular formula is C9H13N2O2. The normalized spacial score (nSPS) is 12.5.